The molecule has 0 atom stereocenters. The summed E-state index contributed by atoms with van der Waals surface area (Å²) in [5.74, 6) is 1.76. The number of hydrogen-bond donors (Lipinski definition) is 2. The van der Waals surface area contributed by atoms with Crippen LogP contribution in [0.1, 0.15) is 0 Å². The van der Waals surface area contributed by atoms with Crippen LogP contribution in [0, 0.1) is 11.2 Å². The molecule has 5 heteroatoms. The first-order valence-electron chi connectivity index (χ1n) is 1.64. The van der Waals surface area contributed by atoms with Gasteiger partial charge in [-0.15, -0.1) is 0 Å². The van der Waals surface area contributed by atoms with Crippen molar-refractivity contribution >= 4 is 10.1 Å². The highest BCUT2D eigenvalue weighted by Crippen LogP contribution is 1.71. The van der Waals surface area contributed by atoms with Crippen LogP contribution in [0.15, 0.2) is 0 Å². The molecule has 0 unspecified atom stereocenters. The summed E-state index contributed by atoms with van der Waals surface area (Å²) in [5, 5.41) is 9.28. The first kappa shape index (κ1) is 7.43. The molecule has 0 aliphatic heterocycles. The highest BCUT2D eigenvalue weighted by molar-refractivity contribution is 7.90. The molecule has 46 valence electrons. The van der Waals surface area contributed by atoms with Crippen LogP contribution in [-0.4, -0.2) is 24.7 Å². The molecule has 0 aromatic rings. The molecule has 4 nitrogen and oxygen atoms in total. The number of hydrogen-bond acceptors (Lipinski definition) is 3. The van der Waals surface area contributed by atoms with Gasteiger partial charge in [0.25, 0.3) is 0 Å². The third-order valence-electron chi connectivity index (χ3n) is 0.280. The van der Waals surface area contributed by atoms with Crippen LogP contribution in [0.25, 0.3) is 0 Å². The van der Waals surface area contributed by atoms with Crippen LogP contribution in [0.2, 0.25) is 0 Å². The summed E-state index contributed by atoms with van der Waals surface area (Å²) in [4.78, 5) is 0. The molecule has 0 aliphatic carbocycles. The zero-order valence-electron chi connectivity index (χ0n) is 3.83. The fraction of sp³-hybridized carbons (Fsp3) is 0.333. The second kappa shape index (κ2) is 2.67. The Kier molecular flexibility index (Phi) is 2.48. The summed E-state index contributed by atoms with van der Waals surface area (Å²) in [6.07, 6.45) is 0. The van der Waals surface area contributed by atoms with Crippen LogP contribution in [0.3, 0.4) is 0 Å². The van der Waals surface area contributed by atoms with E-state index >= 15 is 0 Å². The summed E-state index contributed by atoms with van der Waals surface area (Å²) in [5.41, 5.74) is 0. The third-order valence-corrected chi connectivity index (χ3v) is 0.682. The van der Waals surface area contributed by atoms with Crippen LogP contribution >= 0.6 is 0 Å². The lowest BCUT2D eigenvalue weighted by atomic mass is 10.8. The minimum atomic E-state index is -4.21. The van der Waals surface area contributed by atoms with Crippen LogP contribution in [0.4, 0.5) is 0 Å². The van der Waals surface area contributed by atoms with E-state index in [0.29, 0.717) is 0 Å². The van der Waals surface area contributed by atoms with Gasteiger partial charge >= 0.3 is 10.1 Å². The van der Waals surface area contributed by atoms with Crippen molar-refractivity contribution in [2.24, 2.45) is 0 Å². The van der Waals surface area contributed by atoms with Gasteiger partial charge in [-0.1, -0.05) is 5.92 Å². The largest absolute Gasteiger partial charge is 0.384 e. The summed E-state index contributed by atoms with van der Waals surface area (Å²) in [7, 11) is -4.21. The maximum atomic E-state index is 9.66. The predicted octanol–water partition coefficient (Wildman–Crippen LogP) is -1.17. The van der Waals surface area contributed by atoms with Crippen LogP contribution in [0.5, 0.6) is 0 Å². The maximum absolute atomic E-state index is 9.66. The molecule has 0 aromatic heterocycles. The predicted molar refractivity (Wildman–Crippen MR) is 26.4 cm³/mol. The fourth-order valence-electron chi connectivity index (χ4n) is 0.123. The van der Waals surface area contributed by atoms with E-state index in [1.807, 2.05) is 0 Å². The second-order valence-corrected chi connectivity index (χ2v) is 2.07. The monoisotopic (exact) mass is 136 g/mol. The van der Waals surface area contributed by atoms with Gasteiger partial charge in [-0.3, -0.25) is 4.55 Å². The van der Waals surface area contributed by atoms with Gasteiger partial charge in [0, 0.05) is 0 Å². The Balaban J connectivity index is 4.12. The standard InChI is InChI=1S/C3H4O4S/c4-2-1-3-8(5,6)7/h4H,2H2,(H,5,6,7). The SMILES string of the molecule is O=S(=O)(O)C#CCO. The van der Waals surface area contributed by atoms with Gasteiger partial charge in [-0.2, -0.15) is 8.42 Å². The highest BCUT2D eigenvalue weighted by Gasteiger charge is 1.91. The minimum absolute atomic E-state index is 0.570. The molecule has 2 N–H and O–H groups in total. The van der Waals surface area contributed by atoms with Crippen molar-refractivity contribution in [2.45, 2.75) is 0 Å². The van der Waals surface area contributed by atoms with Crippen molar-refractivity contribution in [3.8, 4) is 11.2 Å². The smallest absolute Gasteiger partial charge is 0.335 e. The molecule has 0 saturated carbocycles. The average Bonchev–Trinajstić information content (AvgIpc) is 1.59. The van der Waals surface area contributed by atoms with Gasteiger partial charge in [0.15, 0.2) is 0 Å². The number of aliphatic hydroxyl groups is 1. The van der Waals surface area contributed by atoms with Gasteiger partial charge in [-0.05, 0) is 0 Å². The molecule has 0 spiro atoms. The van der Waals surface area contributed by atoms with E-state index in [-0.39, 0.29) is 0 Å². The summed E-state index contributed by atoms with van der Waals surface area (Å²) < 4.78 is 27.2. The maximum Gasteiger partial charge on any atom is 0.335 e. The molecule has 0 rings (SSSR count). The first-order chi connectivity index (χ1) is 3.56. The van der Waals surface area contributed by atoms with Crippen molar-refractivity contribution in [3.05, 3.63) is 0 Å². The molecule has 0 heterocycles. The van der Waals surface area contributed by atoms with Gasteiger partial charge < -0.3 is 5.11 Å². The minimum Gasteiger partial charge on any atom is -0.384 e. The molecule has 0 amide bonds. The Labute approximate surface area is 46.9 Å². The number of rotatable bonds is 0. The topological polar surface area (TPSA) is 74.6 Å². The lowest BCUT2D eigenvalue weighted by molar-refractivity contribution is 0.350. The van der Waals surface area contributed by atoms with Crippen molar-refractivity contribution in [1.29, 1.82) is 0 Å². The first-order valence-corrected chi connectivity index (χ1v) is 3.08. The third kappa shape index (κ3) is 5.43. The Morgan fingerprint density at radius 3 is 2.12 bits per heavy atom. The van der Waals surface area contributed by atoms with E-state index in [0.717, 1.165) is 0 Å². The van der Waals surface area contributed by atoms with E-state index in [4.69, 9.17) is 9.66 Å². The highest BCUT2D eigenvalue weighted by atomic mass is 32.2. The Morgan fingerprint density at radius 1 is 1.50 bits per heavy atom. The second-order valence-electron chi connectivity index (χ2n) is 0.912. The van der Waals surface area contributed by atoms with Crippen molar-refractivity contribution in [1.82, 2.24) is 0 Å². The molecule has 0 fully saturated rings. The van der Waals surface area contributed by atoms with Gasteiger partial charge in [0.05, 0.1) is 5.25 Å². The average molecular weight is 136 g/mol. The van der Waals surface area contributed by atoms with Crippen molar-refractivity contribution < 1.29 is 18.1 Å². The van der Waals surface area contributed by atoms with Gasteiger partial charge in [0.2, 0.25) is 0 Å². The molecule has 0 aliphatic rings. The molecule has 8 heavy (non-hydrogen) atoms. The molecular weight excluding hydrogens is 132 g/mol. The summed E-state index contributed by atoms with van der Waals surface area (Å²) >= 11 is 0. The molecule has 0 radical (unpaired) electrons. The molecule has 0 saturated heterocycles. The van der Waals surface area contributed by atoms with E-state index in [1.165, 1.54) is 5.25 Å². The molecular formula is C3H4O4S. The van der Waals surface area contributed by atoms with Crippen LogP contribution in [-0.2, 0) is 10.1 Å². The quantitative estimate of drug-likeness (QED) is 0.325. The zero-order valence-corrected chi connectivity index (χ0v) is 4.64. The van der Waals surface area contributed by atoms with Crippen LogP contribution < -0.4 is 0 Å². The van der Waals surface area contributed by atoms with Gasteiger partial charge in [-0.25, -0.2) is 0 Å². The van der Waals surface area contributed by atoms with E-state index < -0.39 is 16.7 Å². The van der Waals surface area contributed by atoms with E-state index in [1.54, 1.807) is 5.92 Å². The lowest BCUT2D eigenvalue weighted by Gasteiger charge is -1.73. The zero-order chi connectivity index (χ0) is 6.62. The molecule has 0 aromatic carbocycles. The normalized spacial score (nSPS) is 9.75. The summed E-state index contributed by atoms with van der Waals surface area (Å²) in [6, 6.07) is 0. The Morgan fingerprint density at radius 2 is 2.00 bits per heavy atom. The van der Waals surface area contributed by atoms with E-state index in [9.17, 15) is 8.42 Å². The Bertz CT molecular complexity index is 203. The lowest BCUT2D eigenvalue weighted by Crippen LogP contribution is -1.90. The molecule has 0 bridgehead atoms. The summed E-state index contributed by atoms with van der Waals surface area (Å²) in [6.45, 7) is -0.570. The number of aliphatic hydroxyl groups excluding tert-OH is 1. The van der Waals surface area contributed by atoms with Crippen molar-refractivity contribution in [3.63, 3.8) is 0 Å². The Hall–Kier alpha value is -0.570. The van der Waals surface area contributed by atoms with Gasteiger partial charge in [0.1, 0.15) is 6.61 Å². The fourth-order valence-corrected chi connectivity index (χ4v) is 0.370. The van der Waals surface area contributed by atoms with Crippen molar-refractivity contribution in [2.75, 3.05) is 6.61 Å². The van der Waals surface area contributed by atoms with E-state index in [2.05, 4.69) is 0 Å².